The highest BCUT2D eigenvalue weighted by Gasteiger charge is 2.09. The SMILES string of the molecule is C1=COc2c(ccc3ncsc23)C=C1. The van der Waals surface area contributed by atoms with E-state index in [1.807, 2.05) is 35.9 Å². The average Bonchev–Trinajstić information content (AvgIpc) is 2.55. The van der Waals surface area contributed by atoms with Crippen molar-refractivity contribution in [3.8, 4) is 5.75 Å². The third kappa shape index (κ3) is 1.06. The number of hydrogen-bond donors (Lipinski definition) is 0. The minimum absolute atomic E-state index is 0.912. The predicted octanol–water partition coefficient (Wildman–Crippen LogP) is 3.22. The standard InChI is InChI=1S/C11H7NOS/c1-2-6-13-10-8(3-1)4-5-9-11(10)14-7-12-9/h1-7H. The van der Waals surface area contributed by atoms with E-state index in [0.717, 1.165) is 21.5 Å². The second-order valence-electron chi connectivity index (χ2n) is 2.99. The predicted molar refractivity (Wildman–Crippen MR) is 58.4 cm³/mol. The second-order valence-corrected chi connectivity index (χ2v) is 3.84. The van der Waals surface area contributed by atoms with Crippen molar-refractivity contribution < 1.29 is 4.74 Å². The van der Waals surface area contributed by atoms with Crippen molar-refractivity contribution in [2.45, 2.75) is 0 Å². The van der Waals surface area contributed by atoms with Crippen molar-refractivity contribution in [3.63, 3.8) is 0 Å². The molecule has 2 nitrogen and oxygen atoms in total. The molecule has 0 aliphatic carbocycles. The van der Waals surface area contributed by atoms with Crippen LogP contribution in [-0.2, 0) is 0 Å². The van der Waals surface area contributed by atoms with Gasteiger partial charge in [-0.3, -0.25) is 0 Å². The van der Waals surface area contributed by atoms with Crippen LogP contribution in [0.2, 0.25) is 0 Å². The highest BCUT2D eigenvalue weighted by Crippen LogP contribution is 2.34. The Bertz CT molecular complexity index is 539. The summed E-state index contributed by atoms with van der Waals surface area (Å²) in [4.78, 5) is 4.25. The molecule has 1 aliphatic heterocycles. The highest BCUT2D eigenvalue weighted by atomic mass is 32.1. The number of allylic oxidation sites excluding steroid dienone is 2. The van der Waals surface area contributed by atoms with Crippen LogP contribution in [0, 0.1) is 0 Å². The summed E-state index contributed by atoms with van der Waals surface area (Å²) in [6.45, 7) is 0. The van der Waals surface area contributed by atoms with Crippen LogP contribution < -0.4 is 4.74 Å². The molecule has 3 rings (SSSR count). The molecule has 2 heterocycles. The zero-order chi connectivity index (χ0) is 9.38. The summed E-state index contributed by atoms with van der Waals surface area (Å²) in [5.41, 5.74) is 3.94. The van der Waals surface area contributed by atoms with Crippen LogP contribution in [0.3, 0.4) is 0 Å². The van der Waals surface area contributed by atoms with Gasteiger partial charge in [-0.25, -0.2) is 4.98 Å². The molecule has 68 valence electrons. The van der Waals surface area contributed by atoms with Crippen molar-refractivity contribution >= 4 is 27.6 Å². The monoisotopic (exact) mass is 201 g/mol. The van der Waals surface area contributed by atoms with Crippen LogP contribution >= 0.6 is 11.3 Å². The van der Waals surface area contributed by atoms with E-state index < -0.39 is 0 Å². The molecule has 0 fully saturated rings. The number of ether oxygens (including phenoxy) is 1. The lowest BCUT2D eigenvalue weighted by molar-refractivity contribution is 0.488. The molecule has 1 aromatic heterocycles. The van der Waals surface area contributed by atoms with Gasteiger partial charge in [-0.1, -0.05) is 12.2 Å². The number of hydrogen-bond acceptors (Lipinski definition) is 3. The molecular formula is C11H7NOS. The average molecular weight is 201 g/mol. The van der Waals surface area contributed by atoms with Crippen LogP contribution in [0.15, 0.2) is 36.1 Å². The van der Waals surface area contributed by atoms with Gasteiger partial charge in [0.2, 0.25) is 0 Å². The van der Waals surface area contributed by atoms with Gasteiger partial charge in [-0.2, -0.15) is 0 Å². The Kier molecular flexibility index (Phi) is 1.64. The number of thiazole rings is 1. The van der Waals surface area contributed by atoms with Gasteiger partial charge in [0, 0.05) is 5.56 Å². The Morgan fingerprint density at radius 2 is 2.21 bits per heavy atom. The minimum atomic E-state index is 0.912. The lowest BCUT2D eigenvalue weighted by Crippen LogP contribution is -1.84. The topological polar surface area (TPSA) is 22.1 Å². The molecular weight excluding hydrogens is 194 g/mol. The van der Waals surface area contributed by atoms with E-state index in [2.05, 4.69) is 4.98 Å². The smallest absolute Gasteiger partial charge is 0.153 e. The molecule has 0 spiro atoms. The van der Waals surface area contributed by atoms with E-state index in [-0.39, 0.29) is 0 Å². The van der Waals surface area contributed by atoms with Gasteiger partial charge >= 0.3 is 0 Å². The summed E-state index contributed by atoms with van der Waals surface area (Å²) in [7, 11) is 0. The van der Waals surface area contributed by atoms with Gasteiger partial charge in [-0.05, 0) is 18.2 Å². The zero-order valence-electron chi connectivity index (χ0n) is 7.31. The largest absolute Gasteiger partial charge is 0.463 e. The molecule has 0 unspecified atom stereocenters. The molecule has 0 N–H and O–H groups in total. The van der Waals surface area contributed by atoms with E-state index >= 15 is 0 Å². The van der Waals surface area contributed by atoms with E-state index in [4.69, 9.17) is 4.74 Å². The Morgan fingerprint density at radius 1 is 1.21 bits per heavy atom. The van der Waals surface area contributed by atoms with E-state index in [0.29, 0.717) is 0 Å². The van der Waals surface area contributed by atoms with Gasteiger partial charge in [0.15, 0.2) is 5.75 Å². The molecule has 0 bridgehead atoms. The Morgan fingerprint density at radius 3 is 3.21 bits per heavy atom. The Balaban J connectivity index is 2.38. The van der Waals surface area contributed by atoms with Crippen molar-refractivity contribution in [1.29, 1.82) is 0 Å². The quantitative estimate of drug-likeness (QED) is 0.653. The Hall–Kier alpha value is -1.61. The van der Waals surface area contributed by atoms with Gasteiger partial charge < -0.3 is 4.74 Å². The number of fused-ring (bicyclic) bond motifs is 3. The van der Waals surface area contributed by atoms with Gasteiger partial charge in [0.1, 0.15) is 0 Å². The summed E-state index contributed by atoms with van der Waals surface area (Å²) in [6.07, 6.45) is 7.59. The molecule has 0 atom stereocenters. The van der Waals surface area contributed by atoms with Crippen LogP contribution in [0.1, 0.15) is 5.56 Å². The molecule has 14 heavy (non-hydrogen) atoms. The molecule has 1 aromatic carbocycles. The van der Waals surface area contributed by atoms with Gasteiger partial charge in [0.05, 0.1) is 22.0 Å². The number of rotatable bonds is 0. The zero-order valence-corrected chi connectivity index (χ0v) is 8.12. The maximum Gasteiger partial charge on any atom is 0.153 e. The molecule has 0 saturated carbocycles. The summed E-state index contributed by atoms with van der Waals surface area (Å²) in [6, 6.07) is 4.05. The third-order valence-corrected chi connectivity index (χ3v) is 2.98. The fourth-order valence-corrected chi connectivity index (χ4v) is 2.27. The highest BCUT2D eigenvalue weighted by molar-refractivity contribution is 7.17. The van der Waals surface area contributed by atoms with Gasteiger partial charge in [-0.15, -0.1) is 11.3 Å². The van der Waals surface area contributed by atoms with Crippen molar-refractivity contribution in [2.24, 2.45) is 0 Å². The van der Waals surface area contributed by atoms with Crippen molar-refractivity contribution in [3.05, 3.63) is 41.6 Å². The molecule has 1 aliphatic rings. The number of benzene rings is 1. The lowest BCUT2D eigenvalue weighted by atomic mass is 10.2. The van der Waals surface area contributed by atoms with E-state index in [1.54, 1.807) is 17.6 Å². The fraction of sp³-hybridized carbons (Fsp3) is 0. The number of nitrogens with zero attached hydrogens (tertiary/aromatic N) is 1. The van der Waals surface area contributed by atoms with Crippen LogP contribution in [-0.4, -0.2) is 4.98 Å². The van der Waals surface area contributed by atoms with E-state index in [1.165, 1.54) is 0 Å². The Labute approximate surface area is 85.2 Å². The first-order valence-electron chi connectivity index (χ1n) is 4.31. The first kappa shape index (κ1) is 7.76. The first-order valence-corrected chi connectivity index (χ1v) is 5.19. The maximum atomic E-state index is 5.55. The normalized spacial score (nSPS) is 13.7. The first-order chi connectivity index (χ1) is 6.95. The van der Waals surface area contributed by atoms with Crippen LogP contribution in [0.5, 0.6) is 5.75 Å². The minimum Gasteiger partial charge on any atom is -0.463 e. The van der Waals surface area contributed by atoms with Gasteiger partial charge in [0.25, 0.3) is 0 Å². The molecule has 2 aromatic rings. The van der Waals surface area contributed by atoms with Crippen LogP contribution in [0.25, 0.3) is 16.3 Å². The lowest BCUT2D eigenvalue weighted by Gasteiger charge is -2.03. The fourth-order valence-electron chi connectivity index (χ4n) is 1.48. The summed E-state index contributed by atoms with van der Waals surface area (Å²) in [5, 5.41) is 0. The van der Waals surface area contributed by atoms with Crippen LogP contribution in [0.4, 0.5) is 0 Å². The third-order valence-electron chi connectivity index (χ3n) is 2.14. The molecule has 3 heteroatoms. The van der Waals surface area contributed by atoms with E-state index in [9.17, 15) is 0 Å². The second kappa shape index (κ2) is 2.96. The summed E-state index contributed by atoms with van der Waals surface area (Å²) in [5.74, 6) is 0.912. The number of aromatic nitrogens is 1. The summed E-state index contributed by atoms with van der Waals surface area (Å²) < 4.78 is 6.66. The molecule has 0 saturated heterocycles. The molecule has 0 radical (unpaired) electrons. The maximum absolute atomic E-state index is 5.55. The van der Waals surface area contributed by atoms with Crippen molar-refractivity contribution in [1.82, 2.24) is 4.98 Å². The summed E-state index contributed by atoms with van der Waals surface area (Å²) >= 11 is 1.61. The van der Waals surface area contributed by atoms with Crippen molar-refractivity contribution in [2.75, 3.05) is 0 Å². The molecule has 0 amide bonds.